The van der Waals surface area contributed by atoms with Crippen LogP contribution in [0.1, 0.15) is 13.3 Å². The number of hydrogen-bond acceptors (Lipinski definition) is 3. The number of nitrogens with two attached hydrogens (primary N) is 1. The third-order valence-electron chi connectivity index (χ3n) is 1.13. The lowest BCUT2D eigenvalue weighted by molar-refractivity contribution is 0.711. The zero-order chi connectivity index (χ0) is 6.62. The Morgan fingerprint density at radius 2 is 2.22 bits per heavy atom. The van der Waals surface area contributed by atoms with Crippen LogP contribution in [0.4, 0.5) is 0 Å². The van der Waals surface area contributed by atoms with Crippen molar-refractivity contribution in [2.24, 2.45) is 5.73 Å². The van der Waals surface area contributed by atoms with Crippen molar-refractivity contribution in [2.45, 2.75) is 18.1 Å². The van der Waals surface area contributed by atoms with Gasteiger partial charge in [0, 0.05) is 6.54 Å². The van der Waals surface area contributed by atoms with Crippen LogP contribution in [-0.4, -0.2) is 11.3 Å². The third kappa shape index (κ3) is 3.63. The fraction of sp³-hybridized carbons (Fsp3) is 0.800. The van der Waals surface area contributed by atoms with Gasteiger partial charge in [-0.3, -0.25) is 0 Å². The van der Waals surface area contributed by atoms with Gasteiger partial charge in [-0.25, -0.2) is 0 Å². The van der Waals surface area contributed by atoms with Crippen LogP contribution in [0.15, 0.2) is 0 Å². The minimum atomic E-state index is -0.597. The normalized spacial score (nSPS) is 14.9. The van der Waals surface area contributed by atoms with E-state index in [2.05, 4.69) is 12.6 Å². The van der Waals surface area contributed by atoms with Crippen LogP contribution >= 0.6 is 25.0 Å². The molecule has 9 heavy (non-hydrogen) atoms. The number of rotatable bonds is 2. The summed E-state index contributed by atoms with van der Waals surface area (Å²) in [5.74, 6) is 0. The van der Waals surface area contributed by atoms with Crippen molar-refractivity contribution in [1.29, 1.82) is 5.26 Å². The summed E-state index contributed by atoms with van der Waals surface area (Å²) in [6, 6.07) is 2.02. The van der Waals surface area contributed by atoms with Gasteiger partial charge < -0.3 is 5.73 Å². The molecule has 2 nitrogen and oxygen atoms in total. The molecule has 0 aliphatic heterocycles. The second-order valence-corrected chi connectivity index (χ2v) is 2.56. The lowest BCUT2D eigenvalue weighted by atomic mass is 10.1. The third-order valence-corrected chi connectivity index (χ3v) is 1.73. The summed E-state index contributed by atoms with van der Waals surface area (Å²) in [7, 11) is 0. The van der Waals surface area contributed by atoms with Gasteiger partial charge in [0.25, 0.3) is 0 Å². The highest BCUT2D eigenvalue weighted by atomic mass is 35.5. The van der Waals surface area contributed by atoms with Crippen LogP contribution in [0, 0.1) is 11.3 Å². The van der Waals surface area contributed by atoms with Crippen LogP contribution in [0.5, 0.6) is 0 Å². The van der Waals surface area contributed by atoms with E-state index < -0.39 is 4.75 Å². The van der Waals surface area contributed by atoms with E-state index in [1.54, 1.807) is 0 Å². The first kappa shape index (κ1) is 11.8. The van der Waals surface area contributed by atoms with Gasteiger partial charge in [0.2, 0.25) is 0 Å². The fourth-order valence-corrected chi connectivity index (χ4v) is 0.269. The molecule has 0 aromatic heterocycles. The van der Waals surface area contributed by atoms with Crippen LogP contribution in [0.2, 0.25) is 0 Å². The van der Waals surface area contributed by atoms with Gasteiger partial charge in [-0.05, 0) is 6.42 Å². The van der Waals surface area contributed by atoms with Crippen molar-refractivity contribution in [3.05, 3.63) is 0 Å². The number of thiol groups is 1. The molecule has 0 saturated carbocycles. The molecule has 0 heterocycles. The Hall–Kier alpha value is 0.0900. The minimum absolute atomic E-state index is 0. The van der Waals surface area contributed by atoms with Gasteiger partial charge in [0.05, 0.1) is 6.07 Å². The highest BCUT2D eigenvalue weighted by Gasteiger charge is 2.19. The Kier molecular flexibility index (Phi) is 6.47. The maximum atomic E-state index is 8.38. The topological polar surface area (TPSA) is 49.8 Å². The van der Waals surface area contributed by atoms with E-state index in [-0.39, 0.29) is 12.4 Å². The second-order valence-electron chi connectivity index (χ2n) is 1.70. The molecule has 0 rings (SSSR count). The van der Waals surface area contributed by atoms with Gasteiger partial charge in [-0.2, -0.15) is 17.9 Å². The predicted molar refractivity (Wildman–Crippen MR) is 43.9 cm³/mol. The predicted octanol–water partition coefficient (Wildman–Crippen LogP) is 0.969. The molecule has 2 N–H and O–H groups in total. The molecule has 0 saturated heterocycles. The summed E-state index contributed by atoms with van der Waals surface area (Å²) in [5.41, 5.74) is 5.23. The van der Waals surface area contributed by atoms with Crippen LogP contribution < -0.4 is 5.73 Å². The molecule has 0 aromatic rings. The first-order chi connectivity index (χ1) is 3.68. The van der Waals surface area contributed by atoms with E-state index in [1.807, 2.05) is 13.0 Å². The van der Waals surface area contributed by atoms with Gasteiger partial charge in [0.1, 0.15) is 4.75 Å². The highest BCUT2D eigenvalue weighted by molar-refractivity contribution is 7.82. The van der Waals surface area contributed by atoms with Crippen molar-refractivity contribution in [3.63, 3.8) is 0 Å². The largest absolute Gasteiger partial charge is 0.328 e. The maximum absolute atomic E-state index is 8.38. The van der Waals surface area contributed by atoms with Crippen molar-refractivity contribution in [3.8, 4) is 6.07 Å². The molecule has 0 amide bonds. The first-order valence-electron chi connectivity index (χ1n) is 2.52. The van der Waals surface area contributed by atoms with E-state index in [0.717, 1.165) is 0 Å². The molecule has 4 heteroatoms. The summed E-state index contributed by atoms with van der Waals surface area (Å²) >= 11 is 4.03. The number of nitrogens with zero attached hydrogens (tertiary/aromatic N) is 1. The Morgan fingerprint density at radius 1 is 1.78 bits per heavy atom. The highest BCUT2D eigenvalue weighted by Crippen LogP contribution is 2.14. The number of halogens is 1. The molecule has 0 aliphatic carbocycles. The van der Waals surface area contributed by atoms with Crippen molar-refractivity contribution < 1.29 is 0 Å². The zero-order valence-corrected chi connectivity index (χ0v) is 7.01. The summed E-state index contributed by atoms with van der Waals surface area (Å²) in [5, 5.41) is 8.38. The van der Waals surface area contributed by atoms with E-state index in [1.165, 1.54) is 0 Å². The van der Waals surface area contributed by atoms with E-state index in [0.29, 0.717) is 13.0 Å². The summed E-state index contributed by atoms with van der Waals surface area (Å²) in [6.45, 7) is 2.21. The molecule has 0 bridgehead atoms. The van der Waals surface area contributed by atoms with Crippen LogP contribution in [0.3, 0.4) is 0 Å². The lowest BCUT2D eigenvalue weighted by Crippen LogP contribution is -2.28. The smallest absolute Gasteiger partial charge is 0.111 e. The number of hydrogen-bond donors (Lipinski definition) is 2. The quantitative estimate of drug-likeness (QED) is 0.601. The summed E-state index contributed by atoms with van der Waals surface area (Å²) in [4.78, 5) is 0. The Bertz CT molecular complexity index is 106. The average Bonchev–Trinajstić information content (AvgIpc) is 1.87. The zero-order valence-electron chi connectivity index (χ0n) is 5.29. The van der Waals surface area contributed by atoms with Crippen molar-refractivity contribution in [1.82, 2.24) is 0 Å². The SMILES string of the molecule is CCC(S)(C#N)CN.Cl. The lowest BCUT2D eigenvalue weighted by Gasteiger charge is -2.13. The molecule has 0 spiro atoms. The molecule has 0 radical (unpaired) electrons. The molecule has 0 fully saturated rings. The molecular weight excluding hydrogens is 156 g/mol. The van der Waals surface area contributed by atoms with E-state index in [9.17, 15) is 0 Å². The van der Waals surface area contributed by atoms with E-state index >= 15 is 0 Å². The van der Waals surface area contributed by atoms with Gasteiger partial charge >= 0.3 is 0 Å². The Morgan fingerprint density at radius 3 is 2.22 bits per heavy atom. The first-order valence-corrected chi connectivity index (χ1v) is 2.97. The minimum Gasteiger partial charge on any atom is -0.328 e. The standard InChI is InChI=1S/C5H10N2S.ClH/c1-2-5(8,3-6)4-7;/h8H,2-3,6H2,1H3;1H. The van der Waals surface area contributed by atoms with Crippen molar-refractivity contribution >= 4 is 25.0 Å². The molecule has 54 valence electrons. The molecule has 0 aromatic carbocycles. The Balaban J connectivity index is 0. The fourth-order valence-electron chi connectivity index (χ4n) is 0.269. The van der Waals surface area contributed by atoms with Crippen molar-refractivity contribution in [2.75, 3.05) is 6.54 Å². The maximum Gasteiger partial charge on any atom is 0.111 e. The monoisotopic (exact) mass is 166 g/mol. The van der Waals surface area contributed by atoms with Crippen LogP contribution in [0.25, 0.3) is 0 Å². The summed E-state index contributed by atoms with van der Waals surface area (Å²) < 4.78 is -0.597. The number of nitriles is 1. The van der Waals surface area contributed by atoms with E-state index in [4.69, 9.17) is 11.0 Å². The second kappa shape index (κ2) is 4.92. The molecule has 1 atom stereocenters. The molecule has 1 unspecified atom stereocenters. The molecular formula is C5H11ClN2S. The summed E-state index contributed by atoms with van der Waals surface area (Å²) in [6.07, 6.45) is 0.698. The molecule has 0 aliphatic rings. The van der Waals surface area contributed by atoms with Gasteiger partial charge in [-0.1, -0.05) is 6.92 Å². The van der Waals surface area contributed by atoms with Crippen LogP contribution in [-0.2, 0) is 0 Å². The average molecular weight is 167 g/mol. The van der Waals surface area contributed by atoms with Gasteiger partial charge in [-0.15, -0.1) is 12.4 Å². The Labute approximate surface area is 67.2 Å². The van der Waals surface area contributed by atoms with Gasteiger partial charge in [0.15, 0.2) is 0 Å².